The Hall–Kier alpha value is -1.14. The number of aliphatic hydroxyl groups excluding tert-OH is 1. The maximum absolute atomic E-state index is 9.74. The van der Waals surface area contributed by atoms with E-state index in [4.69, 9.17) is 18.9 Å². The second kappa shape index (κ2) is 9.00. The van der Waals surface area contributed by atoms with Crippen LogP contribution < -0.4 is 4.74 Å². The van der Waals surface area contributed by atoms with Gasteiger partial charge in [0.15, 0.2) is 0 Å². The Morgan fingerprint density at radius 1 is 1.05 bits per heavy atom. The van der Waals surface area contributed by atoms with Gasteiger partial charge in [-0.25, -0.2) is 0 Å². The highest BCUT2D eigenvalue weighted by atomic mass is 16.6. The minimum absolute atomic E-state index is 0.310. The van der Waals surface area contributed by atoms with Gasteiger partial charge in [-0.05, 0) is 36.1 Å². The van der Waals surface area contributed by atoms with Gasteiger partial charge in [0.2, 0.25) is 0 Å². The predicted octanol–water partition coefficient (Wildman–Crippen LogP) is 1.72. The van der Waals surface area contributed by atoms with E-state index in [1.807, 2.05) is 18.2 Å². The second-order valence-electron chi connectivity index (χ2n) is 4.98. The van der Waals surface area contributed by atoms with Crippen LogP contribution in [0.5, 0.6) is 5.75 Å². The Morgan fingerprint density at radius 2 is 1.76 bits per heavy atom. The predicted molar refractivity (Wildman–Crippen MR) is 78.7 cm³/mol. The van der Waals surface area contributed by atoms with E-state index in [9.17, 15) is 5.11 Å². The molecule has 5 nitrogen and oxygen atoms in total. The van der Waals surface area contributed by atoms with E-state index in [0.717, 1.165) is 24.2 Å². The van der Waals surface area contributed by atoms with E-state index >= 15 is 0 Å². The summed E-state index contributed by atoms with van der Waals surface area (Å²) in [7, 11) is 1.65. The molecular weight excluding hydrogens is 272 g/mol. The minimum atomic E-state index is -0.310. The Balaban J connectivity index is 1.55. The van der Waals surface area contributed by atoms with Crippen molar-refractivity contribution >= 4 is 0 Å². The summed E-state index contributed by atoms with van der Waals surface area (Å²) in [6.07, 6.45) is 1.42. The molecule has 1 aliphatic rings. The molecule has 0 heterocycles. The van der Waals surface area contributed by atoms with E-state index in [1.54, 1.807) is 7.11 Å². The average Bonchev–Trinajstić information content (AvgIpc) is 2.86. The lowest BCUT2D eigenvalue weighted by Gasteiger charge is -2.09. The number of aryl methyl sites for hydroxylation is 1. The third kappa shape index (κ3) is 5.28. The average molecular weight is 296 g/mol. The molecule has 1 atom stereocenters. The Morgan fingerprint density at radius 3 is 2.52 bits per heavy atom. The summed E-state index contributed by atoms with van der Waals surface area (Å²) in [6.45, 7) is 3.38. The van der Waals surface area contributed by atoms with Gasteiger partial charge in [-0.2, -0.15) is 0 Å². The van der Waals surface area contributed by atoms with Gasteiger partial charge in [0.05, 0.1) is 39.1 Å². The second-order valence-corrected chi connectivity index (χ2v) is 4.98. The molecule has 0 amide bonds. The van der Waals surface area contributed by atoms with E-state index in [-0.39, 0.29) is 6.10 Å². The first-order valence-electron chi connectivity index (χ1n) is 7.39. The number of benzene rings is 1. The lowest BCUT2D eigenvalue weighted by molar-refractivity contribution is 0.0179. The molecule has 2 rings (SSSR count). The molecule has 0 aromatic heterocycles. The first kappa shape index (κ1) is 16.2. The molecule has 5 heteroatoms. The number of rotatable bonds is 10. The van der Waals surface area contributed by atoms with Crippen LogP contribution in [-0.4, -0.2) is 51.9 Å². The largest absolute Gasteiger partial charge is 0.491 e. The highest BCUT2D eigenvalue weighted by Gasteiger charge is 2.20. The van der Waals surface area contributed by atoms with E-state index < -0.39 is 0 Å². The SMILES string of the molecule is COCCOCCOCCOc1ccc2c(c1)CC[C@H]2O. The summed E-state index contributed by atoms with van der Waals surface area (Å²) in [4.78, 5) is 0. The van der Waals surface area contributed by atoms with Gasteiger partial charge in [-0.3, -0.25) is 0 Å². The number of hydrogen-bond donors (Lipinski definition) is 1. The number of aliphatic hydroxyl groups is 1. The van der Waals surface area contributed by atoms with Gasteiger partial charge in [-0.15, -0.1) is 0 Å². The molecule has 0 radical (unpaired) electrons. The number of methoxy groups -OCH3 is 1. The van der Waals surface area contributed by atoms with E-state index in [1.165, 1.54) is 5.56 Å². The maximum Gasteiger partial charge on any atom is 0.119 e. The van der Waals surface area contributed by atoms with Gasteiger partial charge in [0.25, 0.3) is 0 Å². The van der Waals surface area contributed by atoms with Crippen molar-refractivity contribution in [3.63, 3.8) is 0 Å². The quantitative estimate of drug-likeness (QED) is 0.666. The molecule has 118 valence electrons. The third-order valence-electron chi connectivity index (χ3n) is 3.46. The Kier molecular flexibility index (Phi) is 6.95. The molecule has 0 aliphatic heterocycles. The van der Waals surface area contributed by atoms with Crippen LogP contribution in [0.3, 0.4) is 0 Å². The van der Waals surface area contributed by atoms with Gasteiger partial charge in [0, 0.05) is 7.11 Å². The first-order valence-corrected chi connectivity index (χ1v) is 7.39. The van der Waals surface area contributed by atoms with Crippen molar-refractivity contribution in [1.29, 1.82) is 0 Å². The molecule has 0 bridgehead atoms. The molecule has 21 heavy (non-hydrogen) atoms. The zero-order valence-electron chi connectivity index (χ0n) is 12.5. The Bertz CT molecular complexity index is 421. The van der Waals surface area contributed by atoms with Crippen molar-refractivity contribution < 1.29 is 24.1 Å². The fraction of sp³-hybridized carbons (Fsp3) is 0.625. The topological polar surface area (TPSA) is 57.2 Å². The molecule has 0 fully saturated rings. The number of hydrogen-bond acceptors (Lipinski definition) is 5. The third-order valence-corrected chi connectivity index (χ3v) is 3.46. The number of ether oxygens (including phenoxy) is 4. The van der Waals surface area contributed by atoms with Crippen LogP contribution in [0.15, 0.2) is 18.2 Å². The standard InChI is InChI=1S/C16H24O5/c1-18-6-7-19-8-9-20-10-11-21-14-3-4-15-13(12-14)2-5-16(15)17/h3-4,12,16-17H,2,5-11H2,1H3/t16-/m1/s1. The lowest BCUT2D eigenvalue weighted by Crippen LogP contribution is -2.12. The van der Waals surface area contributed by atoms with Crippen molar-refractivity contribution in [3.05, 3.63) is 29.3 Å². The molecular formula is C16H24O5. The normalized spacial score (nSPS) is 17.0. The van der Waals surface area contributed by atoms with Crippen molar-refractivity contribution in [1.82, 2.24) is 0 Å². The van der Waals surface area contributed by atoms with E-state index in [2.05, 4.69) is 0 Å². The van der Waals surface area contributed by atoms with Gasteiger partial charge >= 0.3 is 0 Å². The highest BCUT2D eigenvalue weighted by molar-refractivity contribution is 5.39. The fourth-order valence-corrected chi connectivity index (χ4v) is 2.34. The molecule has 0 spiro atoms. The first-order chi connectivity index (χ1) is 10.3. The van der Waals surface area contributed by atoms with Gasteiger partial charge in [0.1, 0.15) is 12.4 Å². The minimum Gasteiger partial charge on any atom is -0.491 e. The molecule has 1 aromatic carbocycles. The summed E-state index contributed by atoms with van der Waals surface area (Å²) in [5.74, 6) is 0.836. The van der Waals surface area contributed by atoms with Crippen molar-refractivity contribution in [2.24, 2.45) is 0 Å². The summed E-state index contributed by atoms with van der Waals surface area (Å²) in [6, 6.07) is 5.87. The van der Waals surface area contributed by atoms with Gasteiger partial charge < -0.3 is 24.1 Å². The molecule has 1 N–H and O–H groups in total. The van der Waals surface area contributed by atoms with Crippen LogP contribution in [0.2, 0.25) is 0 Å². The van der Waals surface area contributed by atoms with Crippen LogP contribution in [0.4, 0.5) is 0 Å². The lowest BCUT2D eigenvalue weighted by atomic mass is 10.1. The van der Waals surface area contributed by atoms with Crippen molar-refractivity contribution in [2.75, 3.05) is 46.8 Å². The maximum atomic E-state index is 9.74. The van der Waals surface area contributed by atoms with Gasteiger partial charge in [-0.1, -0.05) is 6.07 Å². The summed E-state index contributed by atoms with van der Waals surface area (Å²) >= 11 is 0. The molecule has 1 aromatic rings. The van der Waals surface area contributed by atoms with Crippen molar-refractivity contribution in [3.8, 4) is 5.75 Å². The molecule has 0 saturated carbocycles. The zero-order valence-corrected chi connectivity index (χ0v) is 12.5. The summed E-state index contributed by atoms with van der Waals surface area (Å²) in [5.41, 5.74) is 2.22. The smallest absolute Gasteiger partial charge is 0.119 e. The number of fused-ring (bicyclic) bond motifs is 1. The van der Waals surface area contributed by atoms with E-state index in [0.29, 0.717) is 39.6 Å². The van der Waals surface area contributed by atoms with Crippen molar-refractivity contribution in [2.45, 2.75) is 18.9 Å². The fourth-order valence-electron chi connectivity index (χ4n) is 2.34. The van der Waals surface area contributed by atoms with Crippen LogP contribution >= 0.6 is 0 Å². The van der Waals surface area contributed by atoms with Crippen LogP contribution in [-0.2, 0) is 20.6 Å². The van der Waals surface area contributed by atoms with Crippen LogP contribution in [0.1, 0.15) is 23.7 Å². The van der Waals surface area contributed by atoms with Crippen LogP contribution in [0.25, 0.3) is 0 Å². The summed E-state index contributed by atoms with van der Waals surface area (Å²) < 4.78 is 21.2. The molecule has 1 aliphatic carbocycles. The zero-order chi connectivity index (χ0) is 14.9. The highest BCUT2D eigenvalue weighted by Crippen LogP contribution is 2.33. The molecule has 0 saturated heterocycles. The molecule has 0 unspecified atom stereocenters. The Labute approximate surface area is 125 Å². The summed E-state index contributed by atoms with van der Waals surface area (Å²) in [5, 5.41) is 9.74. The van der Waals surface area contributed by atoms with Crippen LogP contribution in [0, 0.1) is 0 Å². The monoisotopic (exact) mass is 296 g/mol.